The topological polar surface area (TPSA) is 91.8 Å². The van der Waals surface area contributed by atoms with Crippen molar-refractivity contribution < 1.29 is 9.21 Å². The lowest BCUT2D eigenvalue weighted by Gasteiger charge is -2.21. The van der Waals surface area contributed by atoms with Crippen molar-refractivity contribution in [1.29, 1.82) is 5.26 Å². The number of carbonyl (C=O) groups is 1. The van der Waals surface area contributed by atoms with Gasteiger partial charge in [0.15, 0.2) is 0 Å². The molecule has 1 fully saturated rings. The average Bonchev–Trinajstić information content (AvgIpc) is 3.52. The van der Waals surface area contributed by atoms with Gasteiger partial charge >= 0.3 is 0 Å². The summed E-state index contributed by atoms with van der Waals surface area (Å²) < 4.78 is 6.07. The number of amides is 1. The zero-order valence-electron chi connectivity index (χ0n) is 15.9. The highest BCUT2D eigenvalue weighted by atomic mass is 16.4. The highest BCUT2D eigenvalue weighted by Crippen LogP contribution is 2.40. The third kappa shape index (κ3) is 3.52. The summed E-state index contributed by atoms with van der Waals surface area (Å²) in [5, 5.41) is 12.1. The minimum atomic E-state index is -0.204. The minimum Gasteiger partial charge on any atom is -0.441 e. The second kappa shape index (κ2) is 7.17. The summed E-state index contributed by atoms with van der Waals surface area (Å²) in [5.74, 6) is 1.79. The Morgan fingerprint density at radius 2 is 2.10 bits per heavy atom. The van der Waals surface area contributed by atoms with Crippen molar-refractivity contribution in [3.63, 3.8) is 0 Å². The molecule has 0 aliphatic heterocycles. The van der Waals surface area contributed by atoms with E-state index in [1.165, 1.54) is 12.8 Å². The van der Waals surface area contributed by atoms with E-state index >= 15 is 0 Å². The van der Waals surface area contributed by atoms with Crippen molar-refractivity contribution in [3.8, 4) is 17.5 Å². The Balaban J connectivity index is 1.40. The average molecular weight is 384 g/mol. The standard InChI is InChI=1S/C23H20N4O2/c24-13-14-3-1-4-16(11-14)22(28)26-18-5-2-6-20-21(18)27-23(29-20)17-9-10-25-19(12-17)15-7-8-15/h1,3-4,9-12,15,18H,2,5-8H2,(H,26,28)/t18-/m1/s1. The largest absolute Gasteiger partial charge is 0.441 e. The quantitative estimate of drug-likeness (QED) is 0.724. The van der Waals surface area contributed by atoms with Crippen LogP contribution in [0.3, 0.4) is 0 Å². The predicted octanol–water partition coefficient (Wildman–Crippen LogP) is 4.29. The van der Waals surface area contributed by atoms with Gasteiger partial charge in [-0.2, -0.15) is 5.26 Å². The molecule has 5 rings (SSSR count). The Morgan fingerprint density at radius 3 is 2.93 bits per heavy atom. The summed E-state index contributed by atoms with van der Waals surface area (Å²) >= 11 is 0. The number of hydrogen-bond acceptors (Lipinski definition) is 5. The highest BCUT2D eigenvalue weighted by Gasteiger charge is 2.29. The number of pyridine rings is 1. The van der Waals surface area contributed by atoms with Crippen LogP contribution in [0.5, 0.6) is 0 Å². The van der Waals surface area contributed by atoms with Crippen LogP contribution < -0.4 is 5.32 Å². The van der Waals surface area contributed by atoms with E-state index in [0.29, 0.717) is 22.9 Å². The van der Waals surface area contributed by atoms with E-state index in [9.17, 15) is 4.79 Å². The van der Waals surface area contributed by atoms with Gasteiger partial charge in [0.2, 0.25) is 5.89 Å². The Morgan fingerprint density at radius 1 is 1.21 bits per heavy atom. The number of benzene rings is 1. The number of nitrogens with one attached hydrogen (secondary N) is 1. The lowest BCUT2D eigenvalue weighted by molar-refractivity contribution is 0.0931. The summed E-state index contributed by atoms with van der Waals surface area (Å²) in [7, 11) is 0. The lowest BCUT2D eigenvalue weighted by atomic mass is 9.96. The summed E-state index contributed by atoms with van der Waals surface area (Å²) in [6.45, 7) is 0. The van der Waals surface area contributed by atoms with E-state index in [4.69, 9.17) is 14.7 Å². The molecule has 2 heterocycles. The van der Waals surface area contributed by atoms with E-state index in [0.717, 1.165) is 42.0 Å². The van der Waals surface area contributed by atoms with Gasteiger partial charge in [0.05, 0.1) is 17.7 Å². The maximum atomic E-state index is 12.7. The van der Waals surface area contributed by atoms with Crippen LogP contribution in [0.2, 0.25) is 0 Å². The van der Waals surface area contributed by atoms with Crippen molar-refractivity contribution in [3.05, 3.63) is 70.9 Å². The summed E-state index contributed by atoms with van der Waals surface area (Å²) in [5.41, 5.74) is 3.78. The number of oxazole rings is 1. The Bertz CT molecular complexity index is 1120. The van der Waals surface area contributed by atoms with Gasteiger partial charge in [-0.05, 0) is 56.0 Å². The van der Waals surface area contributed by atoms with Gasteiger partial charge < -0.3 is 9.73 Å². The van der Waals surface area contributed by atoms with Crippen molar-refractivity contribution in [1.82, 2.24) is 15.3 Å². The normalized spacial score (nSPS) is 18.0. The minimum absolute atomic E-state index is 0.195. The molecule has 0 spiro atoms. The lowest BCUT2D eigenvalue weighted by Crippen LogP contribution is -2.31. The van der Waals surface area contributed by atoms with Crippen LogP contribution in [-0.2, 0) is 6.42 Å². The second-order valence-electron chi connectivity index (χ2n) is 7.68. The fraction of sp³-hybridized carbons (Fsp3) is 0.304. The van der Waals surface area contributed by atoms with Gasteiger partial charge in [-0.25, -0.2) is 4.98 Å². The molecule has 0 saturated heterocycles. The van der Waals surface area contributed by atoms with Crippen LogP contribution in [0.4, 0.5) is 0 Å². The van der Waals surface area contributed by atoms with Crippen molar-refractivity contribution in [2.45, 2.75) is 44.1 Å². The summed E-state index contributed by atoms with van der Waals surface area (Å²) in [6.07, 6.45) is 6.76. The Hall–Kier alpha value is -3.46. The summed E-state index contributed by atoms with van der Waals surface area (Å²) in [4.78, 5) is 21.9. The SMILES string of the molecule is N#Cc1cccc(C(=O)N[C@@H]2CCCc3oc(-c4ccnc(C5CC5)c4)nc32)c1. The van der Waals surface area contributed by atoms with Gasteiger partial charge in [-0.3, -0.25) is 9.78 Å². The fourth-order valence-corrected chi connectivity index (χ4v) is 3.84. The number of aryl methyl sites for hydroxylation is 1. The molecule has 6 nitrogen and oxygen atoms in total. The summed E-state index contributed by atoms with van der Waals surface area (Å²) in [6, 6.07) is 12.6. The number of nitrogens with zero attached hydrogens (tertiary/aromatic N) is 3. The Kier molecular flexibility index (Phi) is 4.36. The highest BCUT2D eigenvalue weighted by molar-refractivity contribution is 5.94. The van der Waals surface area contributed by atoms with Crippen molar-refractivity contribution in [2.24, 2.45) is 0 Å². The molecule has 1 N–H and O–H groups in total. The van der Waals surface area contributed by atoms with Crippen LogP contribution in [0.15, 0.2) is 47.0 Å². The first-order chi connectivity index (χ1) is 14.2. The molecule has 3 aromatic rings. The van der Waals surface area contributed by atoms with E-state index < -0.39 is 0 Å². The van der Waals surface area contributed by atoms with E-state index in [1.54, 1.807) is 24.3 Å². The van der Waals surface area contributed by atoms with E-state index in [2.05, 4.69) is 22.4 Å². The number of hydrogen-bond donors (Lipinski definition) is 1. The van der Waals surface area contributed by atoms with Gasteiger partial charge in [-0.1, -0.05) is 6.07 Å². The van der Waals surface area contributed by atoms with Crippen LogP contribution in [0, 0.1) is 11.3 Å². The van der Waals surface area contributed by atoms with Gasteiger partial charge in [-0.15, -0.1) is 0 Å². The maximum absolute atomic E-state index is 12.7. The molecule has 6 heteroatoms. The van der Waals surface area contributed by atoms with Crippen LogP contribution in [0.1, 0.15) is 70.7 Å². The molecular weight excluding hydrogens is 364 g/mol. The Labute approximate surface area is 168 Å². The third-order valence-electron chi connectivity index (χ3n) is 5.54. The number of rotatable bonds is 4. The second-order valence-corrected chi connectivity index (χ2v) is 7.68. The smallest absolute Gasteiger partial charge is 0.251 e. The molecule has 1 aromatic carbocycles. The molecule has 144 valence electrons. The molecule has 0 radical (unpaired) electrons. The number of aromatic nitrogens is 2. The van der Waals surface area contributed by atoms with Crippen LogP contribution in [-0.4, -0.2) is 15.9 Å². The van der Waals surface area contributed by atoms with Crippen LogP contribution in [0.25, 0.3) is 11.5 Å². The molecule has 2 aliphatic carbocycles. The zero-order chi connectivity index (χ0) is 19.8. The molecule has 29 heavy (non-hydrogen) atoms. The number of carbonyl (C=O) groups excluding carboxylic acids is 1. The molecule has 1 saturated carbocycles. The molecule has 2 aliphatic rings. The molecular formula is C23H20N4O2. The molecule has 2 aromatic heterocycles. The van der Waals surface area contributed by atoms with Crippen LogP contribution >= 0.6 is 0 Å². The van der Waals surface area contributed by atoms with Gasteiger partial charge in [0.25, 0.3) is 5.91 Å². The van der Waals surface area contributed by atoms with Crippen molar-refractivity contribution in [2.75, 3.05) is 0 Å². The van der Waals surface area contributed by atoms with Crippen molar-refractivity contribution >= 4 is 5.91 Å². The molecule has 1 atom stereocenters. The number of nitriles is 1. The molecule has 0 unspecified atom stereocenters. The first-order valence-electron chi connectivity index (χ1n) is 9.98. The molecule has 0 bridgehead atoms. The zero-order valence-corrected chi connectivity index (χ0v) is 15.9. The number of fused-ring (bicyclic) bond motifs is 1. The van der Waals surface area contributed by atoms with Gasteiger partial charge in [0.1, 0.15) is 11.5 Å². The van der Waals surface area contributed by atoms with E-state index in [1.807, 2.05) is 12.3 Å². The van der Waals surface area contributed by atoms with Gasteiger partial charge in [0, 0.05) is 35.4 Å². The third-order valence-corrected chi connectivity index (χ3v) is 5.54. The predicted molar refractivity (Wildman–Crippen MR) is 106 cm³/mol. The molecule has 1 amide bonds. The first-order valence-corrected chi connectivity index (χ1v) is 9.98. The fourth-order valence-electron chi connectivity index (χ4n) is 3.84. The first kappa shape index (κ1) is 17.6. The van der Waals surface area contributed by atoms with E-state index in [-0.39, 0.29) is 11.9 Å². The monoisotopic (exact) mass is 384 g/mol. The maximum Gasteiger partial charge on any atom is 0.251 e.